The van der Waals surface area contributed by atoms with Crippen molar-refractivity contribution in [3.63, 3.8) is 0 Å². The lowest BCUT2D eigenvalue weighted by molar-refractivity contribution is -0.134. The number of para-hydroxylation sites is 2. The Kier molecular flexibility index (Phi) is 8.35. The Hall–Kier alpha value is -4.83. The van der Waals surface area contributed by atoms with Gasteiger partial charge in [0, 0.05) is 46.6 Å². The molecule has 0 spiro atoms. The van der Waals surface area contributed by atoms with Crippen LogP contribution in [0.5, 0.6) is 0 Å². The maximum atomic E-state index is 11.6. The third-order valence-electron chi connectivity index (χ3n) is 5.91. The first-order valence-electron chi connectivity index (χ1n) is 12.1. The second-order valence-electron chi connectivity index (χ2n) is 8.31. The van der Waals surface area contributed by atoms with E-state index in [9.17, 15) is 4.79 Å². The highest BCUT2D eigenvalue weighted by Crippen LogP contribution is 2.38. The molecule has 0 heterocycles. The number of anilines is 4. The van der Waals surface area contributed by atoms with Gasteiger partial charge in [-0.1, -0.05) is 68.3 Å². The summed E-state index contributed by atoms with van der Waals surface area (Å²) in [5.74, 6) is 0.169. The molecule has 3 aromatic carbocycles. The van der Waals surface area contributed by atoms with Crippen molar-refractivity contribution in [1.29, 1.82) is 0 Å². The minimum Gasteiger partial charge on any atom is -0.428 e. The van der Waals surface area contributed by atoms with Gasteiger partial charge in [-0.2, -0.15) is 0 Å². The molecule has 0 aliphatic heterocycles. The topological polar surface area (TPSA) is 32.8 Å². The van der Waals surface area contributed by atoms with Gasteiger partial charge in [-0.05, 0) is 73.2 Å². The van der Waals surface area contributed by atoms with E-state index < -0.39 is 5.97 Å². The molecule has 1 aliphatic rings. The Morgan fingerprint density at radius 3 is 1.89 bits per heavy atom. The molecule has 0 amide bonds. The van der Waals surface area contributed by atoms with E-state index in [0.29, 0.717) is 18.6 Å². The SMILES string of the molecule is C=C/C=C(\C=C)N(C1=CC=C(OC(=O)C=C)CC1)c1cccc(N(c2ccccc2)c2ccccc2)c1. The summed E-state index contributed by atoms with van der Waals surface area (Å²) in [4.78, 5) is 16.0. The van der Waals surface area contributed by atoms with Crippen molar-refractivity contribution < 1.29 is 9.53 Å². The number of rotatable bonds is 10. The van der Waals surface area contributed by atoms with Crippen LogP contribution in [0, 0.1) is 0 Å². The Morgan fingerprint density at radius 1 is 0.730 bits per heavy atom. The molecule has 0 aromatic heterocycles. The number of ether oxygens (including phenoxy) is 1. The molecule has 0 atom stereocenters. The normalized spacial score (nSPS) is 13.0. The molecular formula is C33H30N2O2. The number of benzene rings is 3. The van der Waals surface area contributed by atoms with Gasteiger partial charge in [-0.3, -0.25) is 0 Å². The molecule has 0 bridgehead atoms. The maximum Gasteiger partial charge on any atom is 0.335 e. The zero-order chi connectivity index (χ0) is 26.0. The summed E-state index contributed by atoms with van der Waals surface area (Å²) in [6.45, 7) is 11.4. The smallest absolute Gasteiger partial charge is 0.335 e. The monoisotopic (exact) mass is 486 g/mol. The molecule has 0 unspecified atom stereocenters. The van der Waals surface area contributed by atoms with Gasteiger partial charge in [0.25, 0.3) is 0 Å². The van der Waals surface area contributed by atoms with Crippen molar-refractivity contribution in [2.75, 3.05) is 9.80 Å². The van der Waals surface area contributed by atoms with Crippen molar-refractivity contribution in [3.8, 4) is 0 Å². The molecule has 4 heteroatoms. The summed E-state index contributed by atoms with van der Waals surface area (Å²) in [6.07, 6.45) is 11.8. The largest absolute Gasteiger partial charge is 0.428 e. The molecule has 0 saturated heterocycles. The fraction of sp³-hybridized carbons (Fsp3) is 0.0606. The molecule has 3 aromatic rings. The maximum absolute atomic E-state index is 11.6. The second kappa shape index (κ2) is 12.2. The van der Waals surface area contributed by atoms with Crippen LogP contribution in [0.4, 0.5) is 22.7 Å². The second-order valence-corrected chi connectivity index (χ2v) is 8.31. The first-order chi connectivity index (χ1) is 18.1. The van der Waals surface area contributed by atoms with Gasteiger partial charge in [0.1, 0.15) is 5.76 Å². The molecule has 1 aliphatic carbocycles. The van der Waals surface area contributed by atoms with E-state index in [0.717, 1.165) is 34.1 Å². The zero-order valence-electron chi connectivity index (χ0n) is 20.8. The number of esters is 1. The third-order valence-corrected chi connectivity index (χ3v) is 5.91. The van der Waals surface area contributed by atoms with Crippen LogP contribution in [-0.4, -0.2) is 5.97 Å². The Balaban J connectivity index is 1.80. The van der Waals surface area contributed by atoms with E-state index in [4.69, 9.17) is 4.74 Å². The molecule has 0 radical (unpaired) electrons. The van der Waals surface area contributed by atoms with Gasteiger partial charge in [-0.15, -0.1) is 0 Å². The average Bonchev–Trinajstić information content (AvgIpc) is 2.95. The van der Waals surface area contributed by atoms with Gasteiger partial charge in [0.15, 0.2) is 0 Å². The van der Waals surface area contributed by atoms with Gasteiger partial charge in [0.2, 0.25) is 0 Å². The molecular weight excluding hydrogens is 456 g/mol. The summed E-state index contributed by atoms with van der Waals surface area (Å²) in [6, 6.07) is 29.0. The summed E-state index contributed by atoms with van der Waals surface area (Å²) >= 11 is 0. The lowest BCUT2D eigenvalue weighted by Crippen LogP contribution is -2.23. The predicted molar refractivity (Wildman–Crippen MR) is 154 cm³/mol. The number of allylic oxidation sites excluding steroid dienone is 7. The number of carbonyl (C=O) groups is 1. The summed E-state index contributed by atoms with van der Waals surface area (Å²) in [5, 5.41) is 0. The van der Waals surface area contributed by atoms with Gasteiger partial charge < -0.3 is 14.5 Å². The van der Waals surface area contributed by atoms with E-state index in [2.05, 4.69) is 78.1 Å². The van der Waals surface area contributed by atoms with Crippen LogP contribution >= 0.6 is 0 Å². The van der Waals surface area contributed by atoms with Crippen LogP contribution in [0.1, 0.15) is 12.8 Å². The Bertz CT molecular complexity index is 1330. The molecule has 4 nitrogen and oxygen atoms in total. The predicted octanol–water partition coefficient (Wildman–Crippen LogP) is 8.51. The quantitative estimate of drug-likeness (QED) is 0.163. The number of hydrogen-bond acceptors (Lipinski definition) is 4. The standard InChI is InChI=1S/C33H30N2O2/c1-4-14-26(5-2)34(29-21-23-32(24-22-29)37-33(36)6-3)30-19-13-20-31(25-30)35(27-15-9-7-10-16-27)28-17-11-8-12-18-28/h4-21,23,25H,1-3,22,24H2/b26-14+. The fourth-order valence-corrected chi connectivity index (χ4v) is 4.26. The molecule has 4 rings (SSSR count). The van der Waals surface area contributed by atoms with E-state index in [1.807, 2.05) is 60.7 Å². The van der Waals surface area contributed by atoms with Gasteiger partial charge in [0.05, 0.1) is 0 Å². The van der Waals surface area contributed by atoms with Crippen LogP contribution in [0.2, 0.25) is 0 Å². The van der Waals surface area contributed by atoms with Crippen LogP contribution in [0.15, 0.2) is 158 Å². The first kappa shape index (κ1) is 25.3. The van der Waals surface area contributed by atoms with Crippen molar-refractivity contribution in [3.05, 3.63) is 158 Å². The molecule has 0 saturated carbocycles. The number of carbonyl (C=O) groups excluding carboxylic acids is 1. The van der Waals surface area contributed by atoms with Gasteiger partial charge in [-0.25, -0.2) is 4.79 Å². The summed E-state index contributed by atoms with van der Waals surface area (Å²) in [5.41, 5.74) is 6.08. The molecule has 184 valence electrons. The third kappa shape index (κ3) is 6.06. The van der Waals surface area contributed by atoms with Crippen LogP contribution < -0.4 is 9.80 Å². The number of nitrogens with zero attached hydrogens (tertiary/aromatic N) is 2. The van der Waals surface area contributed by atoms with Crippen LogP contribution in [-0.2, 0) is 9.53 Å². The molecule has 37 heavy (non-hydrogen) atoms. The minimum absolute atomic E-state index is 0.451. The lowest BCUT2D eigenvalue weighted by Gasteiger charge is -2.32. The highest BCUT2D eigenvalue weighted by atomic mass is 16.5. The fourth-order valence-electron chi connectivity index (χ4n) is 4.26. The van der Waals surface area contributed by atoms with E-state index in [1.54, 1.807) is 6.08 Å². The van der Waals surface area contributed by atoms with E-state index in [-0.39, 0.29) is 0 Å². The Morgan fingerprint density at radius 2 is 1.35 bits per heavy atom. The minimum atomic E-state index is -0.451. The zero-order valence-corrected chi connectivity index (χ0v) is 20.8. The Labute approximate surface area is 219 Å². The highest BCUT2D eigenvalue weighted by molar-refractivity contribution is 5.82. The average molecular weight is 487 g/mol. The highest BCUT2D eigenvalue weighted by Gasteiger charge is 2.20. The summed E-state index contributed by atoms with van der Waals surface area (Å²) < 4.78 is 5.34. The lowest BCUT2D eigenvalue weighted by atomic mass is 10.1. The van der Waals surface area contributed by atoms with Crippen molar-refractivity contribution in [2.24, 2.45) is 0 Å². The number of hydrogen-bond donors (Lipinski definition) is 0. The van der Waals surface area contributed by atoms with Crippen molar-refractivity contribution >= 4 is 28.7 Å². The molecule has 0 fully saturated rings. The van der Waals surface area contributed by atoms with Gasteiger partial charge >= 0.3 is 5.97 Å². The first-order valence-corrected chi connectivity index (χ1v) is 12.1. The van der Waals surface area contributed by atoms with Crippen LogP contribution in [0.25, 0.3) is 0 Å². The summed E-state index contributed by atoms with van der Waals surface area (Å²) in [7, 11) is 0. The van der Waals surface area contributed by atoms with E-state index in [1.165, 1.54) is 6.08 Å². The van der Waals surface area contributed by atoms with Crippen molar-refractivity contribution in [1.82, 2.24) is 0 Å². The van der Waals surface area contributed by atoms with Crippen LogP contribution in [0.3, 0.4) is 0 Å². The van der Waals surface area contributed by atoms with E-state index >= 15 is 0 Å². The van der Waals surface area contributed by atoms with Crippen molar-refractivity contribution in [2.45, 2.75) is 12.8 Å². The molecule has 0 N–H and O–H groups in total.